The van der Waals surface area contributed by atoms with Crippen LogP contribution in [0.2, 0.25) is 0 Å². The number of rotatable bonds is 4. The summed E-state index contributed by atoms with van der Waals surface area (Å²) in [6.45, 7) is 3.89. The van der Waals surface area contributed by atoms with E-state index in [1.807, 2.05) is 50.2 Å². The first-order valence-electron chi connectivity index (χ1n) is 9.01. The van der Waals surface area contributed by atoms with Gasteiger partial charge in [0.15, 0.2) is 5.58 Å². The molecule has 1 heterocycles. The first-order valence-corrected chi connectivity index (χ1v) is 9.81. The molecule has 0 atom stereocenters. The van der Waals surface area contributed by atoms with Crippen molar-refractivity contribution in [2.45, 2.75) is 13.8 Å². The van der Waals surface area contributed by atoms with Gasteiger partial charge in [0.25, 0.3) is 5.69 Å². The van der Waals surface area contributed by atoms with Gasteiger partial charge in [-0.2, -0.15) is 0 Å². The van der Waals surface area contributed by atoms with Crippen molar-refractivity contribution in [3.8, 4) is 17.2 Å². The molecule has 0 saturated carbocycles. The van der Waals surface area contributed by atoms with Gasteiger partial charge in [-0.1, -0.05) is 12.1 Å². The lowest BCUT2D eigenvalue weighted by atomic mass is 10.1. The molecule has 8 heteroatoms. The van der Waals surface area contributed by atoms with Crippen molar-refractivity contribution in [2.75, 3.05) is 0 Å². The fraction of sp³-hybridized carbons (Fsp3) is 0.0909. The zero-order chi connectivity index (χ0) is 21.4. The summed E-state index contributed by atoms with van der Waals surface area (Å²) in [4.78, 5) is 19.6. The topological polar surface area (TPSA) is 102 Å². The predicted molar refractivity (Wildman–Crippen MR) is 119 cm³/mol. The zero-order valence-corrected chi connectivity index (χ0v) is 17.7. The molecule has 30 heavy (non-hydrogen) atoms. The van der Waals surface area contributed by atoms with E-state index in [1.54, 1.807) is 0 Å². The van der Waals surface area contributed by atoms with E-state index in [1.165, 1.54) is 18.3 Å². The van der Waals surface area contributed by atoms with Crippen molar-refractivity contribution >= 4 is 44.6 Å². The van der Waals surface area contributed by atoms with Crippen LogP contribution in [-0.2, 0) is 0 Å². The number of phenols is 1. The molecule has 0 aliphatic heterocycles. The maximum Gasteiger partial charge on any atom is 0.271 e. The van der Waals surface area contributed by atoms with E-state index in [9.17, 15) is 15.2 Å². The molecule has 4 aromatic rings. The standard InChI is InChI=1S/C22H16BrN3O4/c1-12-6-7-20-19(8-12)25-22(30-20)16-4-3-5-18(13(16)2)24-11-14-9-15(26(28)29)10-17(23)21(14)27/h3-11,27H,1-2H3. The van der Waals surface area contributed by atoms with E-state index < -0.39 is 4.92 Å². The third-order valence-corrected chi connectivity index (χ3v) is 5.31. The maximum atomic E-state index is 11.1. The lowest BCUT2D eigenvalue weighted by Crippen LogP contribution is -1.92. The fourth-order valence-corrected chi connectivity index (χ4v) is 3.56. The molecule has 7 nitrogen and oxygen atoms in total. The third-order valence-electron chi connectivity index (χ3n) is 4.71. The van der Waals surface area contributed by atoms with Gasteiger partial charge in [0.2, 0.25) is 5.89 Å². The van der Waals surface area contributed by atoms with Crippen LogP contribution in [0.25, 0.3) is 22.6 Å². The summed E-state index contributed by atoms with van der Waals surface area (Å²) >= 11 is 3.13. The molecule has 1 N–H and O–H groups in total. The molecule has 0 unspecified atom stereocenters. The number of phenolic OH excluding ortho intramolecular Hbond substituents is 1. The van der Waals surface area contributed by atoms with E-state index in [0.29, 0.717) is 17.2 Å². The summed E-state index contributed by atoms with van der Waals surface area (Å²) in [5, 5.41) is 21.3. The van der Waals surface area contributed by atoms with Crippen LogP contribution in [0.5, 0.6) is 5.75 Å². The van der Waals surface area contributed by atoms with Gasteiger partial charge in [0, 0.05) is 29.5 Å². The third kappa shape index (κ3) is 3.69. The van der Waals surface area contributed by atoms with Gasteiger partial charge < -0.3 is 9.52 Å². The van der Waals surface area contributed by atoms with Crippen molar-refractivity contribution in [2.24, 2.45) is 4.99 Å². The molecule has 0 radical (unpaired) electrons. The number of nitro benzene ring substituents is 1. The van der Waals surface area contributed by atoms with Crippen LogP contribution < -0.4 is 0 Å². The van der Waals surface area contributed by atoms with Crippen LogP contribution in [-0.4, -0.2) is 21.2 Å². The van der Waals surface area contributed by atoms with Gasteiger partial charge >= 0.3 is 0 Å². The second-order valence-electron chi connectivity index (χ2n) is 6.82. The summed E-state index contributed by atoms with van der Waals surface area (Å²) in [6.07, 6.45) is 1.40. The van der Waals surface area contributed by atoms with Gasteiger partial charge in [-0.3, -0.25) is 15.1 Å². The lowest BCUT2D eigenvalue weighted by molar-refractivity contribution is -0.385. The van der Waals surface area contributed by atoms with Crippen LogP contribution in [0.3, 0.4) is 0 Å². The zero-order valence-electron chi connectivity index (χ0n) is 16.1. The van der Waals surface area contributed by atoms with Crippen LogP contribution in [0, 0.1) is 24.0 Å². The van der Waals surface area contributed by atoms with Gasteiger partial charge in [0.1, 0.15) is 11.3 Å². The highest BCUT2D eigenvalue weighted by Crippen LogP contribution is 2.34. The second kappa shape index (κ2) is 7.72. The summed E-state index contributed by atoms with van der Waals surface area (Å²) in [5.41, 5.74) is 4.93. The number of aromatic nitrogens is 1. The molecule has 0 bridgehead atoms. The minimum absolute atomic E-state index is 0.118. The average Bonchev–Trinajstić information content (AvgIpc) is 3.12. The first-order chi connectivity index (χ1) is 14.3. The molecule has 4 rings (SSSR count). The first kappa shape index (κ1) is 19.8. The number of nitrogens with zero attached hydrogens (tertiary/aromatic N) is 3. The lowest BCUT2D eigenvalue weighted by Gasteiger charge is -2.06. The minimum atomic E-state index is -0.525. The Balaban J connectivity index is 1.74. The number of fused-ring (bicyclic) bond motifs is 1. The van der Waals surface area contributed by atoms with E-state index in [4.69, 9.17) is 4.42 Å². The highest BCUT2D eigenvalue weighted by atomic mass is 79.9. The average molecular weight is 466 g/mol. The number of aliphatic imine (C=N–C) groups is 1. The van der Waals surface area contributed by atoms with Gasteiger partial charge in [-0.15, -0.1) is 0 Å². The van der Waals surface area contributed by atoms with Crippen molar-refractivity contribution in [1.29, 1.82) is 0 Å². The van der Waals surface area contributed by atoms with Crippen LogP contribution in [0.15, 0.2) is 62.4 Å². The molecule has 1 aromatic heterocycles. The van der Waals surface area contributed by atoms with Crippen molar-refractivity contribution in [1.82, 2.24) is 4.98 Å². The molecule has 0 aliphatic carbocycles. The highest BCUT2D eigenvalue weighted by molar-refractivity contribution is 9.10. The number of aromatic hydroxyl groups is 1. The Hall–Kier alpha value is -3.52. The van der Waals surface area contributed by atoms with Gasteiger partial charge in [0.05, 0.1) is 15.1 Å². The summed E-state index contributed by atoms with van der Waals surface area (Å²) in [5.74, 6) is 0.374. The Kier molecular flexibility index (Phi) is 5.09. The molecule has 3 aromatic carbocycles. The van der Waals surface area contributed by atoms with Gasteiger partial charge in [-0.25, -0.2) is 4.98 Å². The number of oxazole rings is 1. The summed E-state index contributed by atoms with van der Waals surface area (Å²) in [7, 11) is 0. The second-order valence-corrected chi connectivity index (χ2v) is 7.67. The van der Waals surface area contributed by atoms with E-state index in [0.717, 1.165) is 22.2 Å². The summed E-state index contributed by atoms with van der Waals surface area (Å²) in [6, 6.07) is 13.9. The number of hydrogen-bond acceptors (Lipinski definition) is 6. The Morgan fingerprint density at radius 1 is 1.20 bits per heavy atom. The van der Waals surface area contributed by atoms with Gasteiger partial charge in [-0.05, 0) is 65.2 Å². The molecule has 0 saturated heterocycles. The van der Waals surface area contributed by atoms with E-state index >= 15 is 0 Å². The Morgan fingerprint density at radius 2 is 2.00 bits per heavy atom. The molecule has 0 fully saturated rings. The summed E-state index contributed by atoms with van der Waals surface area (Å²) < 4.78 is 6.13. The van der Waals surface area contributed by atoms with Crippen molar-refractivity contribution in [3.05, 3.63) is 79.8 Å². The Morgan fingerprint density at radius 3 is 2.77 bits per heavy atom. The highest BCUT2D eigenvalue weighted by Gasteiger charge is 2.15. The van der Waals surface area contributed by atoms with Crippen LogP contribution in [0.1, 0.15) is 16.7 Å². The number of aryl methyl sites for hydroxylation is 1. The molecule has 150 valence electrons. The Labute approximate surface area is 180 Å². The number of nitro groups is 1. The SMILES string of the molecule is Cc1ccc2oc(-c3cccc(N=Cc4cc([N+](=O)[O-])cc(Br)c4O)c3C)nc2c1. The molecular formula is C22H16BrN3O4. The van der Waals surface area contributed by atoms with Crippen LogP contribution in [0.4, 0.5) is 11.4 Å². The molecular weight excluding hydrogens is 450 g/mol. The fourth-order valence-electron chi connectivity index (χ4n) is 3.10. The quantitative estimate of drug-likeness (QED) is 0.218. The van der Waals surface area contributed by atoms with Crippen molar-refractivity contribution < 1.29 is 14.4 Å². The Bertz CT molecular complexity index is 1330. The molecule has 0 amide bonds. The monoisotopic (exact) mass is 465 g/mol. The number of halogens is 1. The minimum Gasteiger partial charge on any atom is -0.506 e. The number of hydrogen-bond donors (Lipinski definition) is 1. The van der Waals surface area contributed by atoms with E-state index in [2.05, 4.69) is 25.9 Å². The maximum absolute atomic E-state index is 11.1. The molecule has 0 spiro atoms. The number of non-ortho nitro benzene ring substituents is 1. The number of benzene rings is 3. The van der Waals surface area contributed by atoms with Crippen molar-refractivity contribution in [3.63, 3.8) is 0 Å². The van der Waals surface area contributed by atoms with Crippen LogP contribution >= 0.6 is 15.9 Å². The predicted octanol–water partition coefficient (Wildman–Crippen LogP) is 6.24. The molecule has 0 aliphatic rings. The smallest absolute Gasteiger partial charge is 0.271 e. The van der Waals surface area contributed by atoms with E-state index in [-0.39, 0.29) is 21.5 Å². The normalized spacial score (nSPS) is 11.4. The largest absolute Gasteiger partial charge is 0.506 e.